The number of hydrogen-bond donors (Lipinski definition) is 1. The Bertz CT molecular complexity index is 817. The maximum absolute atomic E-state index is 6.35. The highest BCUT2D eigenvalue weighted by Gasteiger charge is 2.13. The Labute approximate surface area is 141 Å². The van der Waals surface area contributed by atoms with E-state index in [1.807, 2.05) is 18.2 Å². The summed E-state index contributed by atoms with van der Waals surface area (Å²) in [5.74, 6) is 0. The summed E-state index contributed by atoms with van der Waals surface area (Å²) in [6, 6.07) is 17.5. The van der Waals surface area contributed by atoms with Crippen molar-refractivity contribution in [2.24, 2.45) is 5.73 Å². The third-order valence-electron chi connectivity index (χ3n) is 3.48. The van der Waals surface area contributed by atoms with Crippen molar-refractivity contribution >= 4 is 49.9 Å². The molecule has 106 valence electrons. The molecule has 0 heterocycles. The topological polar surface area (TPSA) is 26.0 Å². The Morgan fingerprint density at radius 3 is 2.33 bits per heavy atom. The Morgan fingerprint density at radius 2 is 1.57 bits per heavy atom. The lowest BCUT2D eigenvalue weighted by Crippen LogP contribution is -2.12. The van der Waals surface area contributed by atoms with Crippen LogP contribution in [-0.4, -0.2) is 0 Å². The summed E-state index contributed by atoms with van der Waals surface area (Å²) in [7, 11) is 0. The molecule has 0 aliphatic rings. The highest BCUT2D eigenvalue weighted by molar-refractivity contribution is 9.10. The molecule has 0 fully saturated rings. The second-order valence-corrected chi connectivity index (χ2v) is 6.65. The maximum Gasteiger partial charge on any atom is 0.0566 e. The van der Waals surface area contributed by atoms with Crippen LogP contribution >= 0.6 is 39.1 Å². The van der Waals surface area contributed by atoms with Gasteiger partial charge in [0.2, 0.25) is 0 Å². The first-order chi connectivity index (χ1) is 10.0. The molecular formula is C17H12BrCl2N. The van der Waals surface area contributed by atoms with Crippen LogP contribution in [0.5, 0.6) is 0 Å². The number of halogens is 3. The van der Waals surface area contributed by atoms with Crippen molar-refractivity contribution in [1.29, 1.82) is 0 Å². The standard InChI is InChI=1S/C17H12BrCl2N/c18-13-4-3-10-7-12(2-1-11(10)8-13)17(21)15-6-5-14(19)9-16(15)20/h1-9,17H,21H2. The molecule has 21 heavy (non-hydrogen) atoms. The summed E-state index contributed by atoms with van der Waals surface area (Å²) >= 11 is 15.7. The zero-order valence-corrected chi connectivity index (χ0v) is 14.1. The van der Waals surface area contributed by atoms with Crippen LogP contribution in [0.4, 0.5) is 0 Å². The summed E-state index contributed by atoms with van der Waals surface area (Å²) in [6.45, 7) is 0. The van der Waals surface area contributed by atoms with Gasteiger partial charge in [0.15, 0.2) is 0 Å². The molecule has 3 rings (SSSR count). The molecule has 2 N–H and O–H groups in total. The smallest absolute Gasteiger partial charge is 0.0566 e. The lowest BCUT2D eigenvalue weighted by molar-refractivity contribution is 0.874. The fraction of sp³-hybridized carbons (Fsp3) is 0.0588. The molecule has 4 heteroatoms. The molecule has 0 aromatic heterocycles. The van der Waals surface area contributed by atoms with Crippen LogP contribution in [0.25, 0.3) is 10.8 Å². The normalized spacial score (nSPS) is 12.6. The quantitative estimate of drug-likeness (QED) is 0.583. The first-order valence-corrected chi connectivity index (χ1v) is 7.99. The summed E-state index contributed by atoms with van der Waals surface area (Å²) in [5.41, 5.74) is 8.25. The molecule has 1 nitrogen and oxygen atoms in total. The Hall–Kier alpha value is -1.06. The van der Waals surface area contributed by atoms with Crippen LogP contribution in [0.15, 0.2) is 59.1 Å². The van der Waals surface area contributed by atoms with Gasteiger partial charge in [-0.2, -0.15) is 0 Å². The molecule has 0 saturated carbocycles. The summed E-state index contributed by atoms with van der Waals surface area (Å²) in [4.78, 5) is 0. The number of nitrogens with two attached hydrogens (primary N) is 1. The zero-order valence-electron chi connectivity index (χ0n) is 11.0. The van der Waals surface area contributed by atoms with Gasteiger partial charge >= 0.3 is 0 Å². The fourth-order valence-electron chi connectivity index (χ4n) is 2.36. The highest BCUT2D eigenvalue weighted by atomic mass is 79.9. The molecule has 0 radical (unpaired) electrons. The first kappa shape index (κ1) is 14.9. The van der Waals surface area contributed by atoms with Crippen LogP contribution in [0.3, 0.4) is 0 Å². The van der Waals surface area contributed by atoms with Gasteiger partial charge in [0.25, 0.3) is 0 Å². The maximum atomic E-state index is 6.35. The minimum Gasteiger partial charge on any atom is -0.320 e. The number of benzene rings is 3. The van der Waals surface area contributed by atoms with E-state index in [1.54, 1.807) is 12.1 Å². The molecule has 3 aromatic rings. The third kappa shape index (κ3) is 3.09. The second-order valence-electron chi connectivity index (χ2n) is 4.89. The Kier molecular flexibility index (Phi) is 4.23. The van der Waals surface area contributed by atoms with Crippen molar-refractivity contribution < 1.29 is 0 Å². The van der Waals surface area contributed by atoms with Crippen molar-refractivity contribution in [3.63, 3.8) is 0 Å². The van der Waals surface area contributed by atoms with Gasteiger partial charge in [0, 0.05) is 14.5 Å². The van der Waals surface area contributed by atoms with Gasteiger partial charge in [-0.15, -0.1) is 0 Å². The second kappa shape index (κ2) is 5.98. The zero-order chi connectivity index (χ0) is 15.0. The predicted molar refractivity (Wildman–Crippen MR) is 94.1 cm³/mol. The minimum absolute atomic E-state index is 0.275. The van der Waals surface area contributed by atoms with Gasteiger partial charge in [-0.3, -0.25) is 0 Å². The van der Waals surface area contributed by atoms with Gasteiger partial charge in [-0.25, -0.2) is 0 Å². The summed E-state index contributed by atoms with van der Waals surface area (Å²) in [6.07, 6.45) is 0. The van der Waals surface area contributed by atoms with E-state index in [1.165, 1.54) is 5.39 Å². The average molecular weight is 381 g/mol. The van der Waals surface area contributed by atoms with E-state index < -0.39 is 0 Å². The minimum atomic E-state index is -0.275. The van der Waals surface area contributed by atoms with E-state index in [-0.39, 0.29) is 6.04 Å². The van der Waals surface area contributed by atoms with Gasteiger partial charge in [-0.1, -0.05) is 63.4 Å². The Morgan fingerprint density at radius 1 is 0.857 bits per heavy atom. The molecule has 0 bridgehead atoms. The number of hydrogen-bond acceptors (Lipinski definition) is 1. The summed E-state index contributed by atoms with van der Waals surface area (Å²) in [5, 5.41) is 3.52. The highest BCUT2D eigenvalue weighted by Crippen LogP contribution is 2.30. The molecule has 3 aromatic carbocycles. The van der Waals surface area contributed by atoms with Crippen molar-refractivity contribution in [3.05, 3.63) is 80.2 Å². The summed E-state index contributed by atoms with van der Waals surface area (Å²) < 4.78 is 1.06. The monoisotopic (exact) mass is 379 g/mol. The van der Waals surface area contributed by atoms with E-state index in [0.29, 0.717) is 10.0 Å². The molecule has 0 spiro atoms. The van der Waals surface area contributed by atoms with Crippen LogP contribution in [0, 0.1) is 0 Å². The average Bonchev–Trinajstić information content (AvgIpc) is 2.46. The largest absolute Gasteiger partial charge is 0.320 e. The number of rotatable bonds is 2. The van der Waals surface area contributed by atoms with Gasteiger partial charge in [0.1, 0.15) is 0 Å². The van der Waals surface area contributed by atoms with Crippen LogP contribution in [0.1, 0.15) is 17.2 Å². The van der Waals surface area contributed by atoms with Crippen molar-refractivity contribution in [3.8, 4) is 0 Å². The van der Waals surface area contributed by atoms with Crippen LogP contribution in [0.2, 0.25) is 10.0 Å². The predicted octanol–water partition coefficient (Wildman–Crippen LogP) is 5.96. The van der Waals surface area contributed by atoms with E-state index in [2.05, 4.69) is 40.2 Å². The van der Waals surface area contributed by atoms with E-state index in [4.69, 9.17) is 28.9 Å². The number of fused-ring (bicyclic) bond motifs is 1. The van der Waals surface area contributed by atoms with Crippen molar-refractivity contribution in [2.45, 2.75) is 6.04 Å². The van der Waals surface area contributed by atoms with E-state index in [0.717, 1.165) is 21.0 Å². The molecular weight excluding hydrogens is 369 g/mol. The molecule has 0 amide bonds. The van der Waals surface area contributed by atoms with Crippen LogP contribution in [-0.2, 0) is 0 Å². The SMILES string of the molecule is NC(c1ccc2cc(Br)ccc2c1)c1ccc(Cl)cc1Cl. The van der Waals surface area contributed by atoms with Gasteiger partial charge in [0.05, 0.1) is 6.04 Å². The van der Waals surface area contributed by atoms with E-state index in [9.17, 15) is 0 Å². The van der Waals surface area contributed by atoms with Crippen molar-refractivity contribution in [2.75, 3.05) is 0 Å². The van der Waals surface area contributed by atoms with E-state index >= 15 is 0 Å². The molecule has 1 unspecified atom stereocenters. The molecule has 0 aliphatic heterocycles. The first-order valence-electron chi connectivity index (χ1n) is 6.44. The molecule has 1 atom stereocenters. The van der Waals surface area contributed by atoms with Crippen LogP contribution < -0.4 is 5.73 Å². The Balaban J connectivity index is 2.04. The van der Waals surface area contributed by atoms with Gasteiger partial charge < -0.3 is 5.73 Å². The van der Waals surface area contributed by atoms with Gasteiger partial charge in [-0.05, 0) is 52.2 Å². The lowest BCUT2D eigenvalue weighted by Gasteiger charge is -2.15. The molecule has 0 saturated heterocycles. The lowest BCUT2D eigenvalue weighted by atomic mass is 9.97. The fourth-order valence-corrected chi connectivity index (χ4v) is 3.27. The third-order valence-corrected chi connectivity index (χ3v) is 4.54. The molecule has 0 aliphatic carbocycles. The van der Waals surface area contributed by atoms with Crippen molar-refractivity contribution in [1.82, 2.24) is 0 Å².